The lowest BCUT2D eigenvalue weighted by molar-refractivity contribution is -0.137. The number of rotatable bonds is 7. The van der Waals surface area contributed by atoms with Gasteiger partial charge in [0.15, 0.2) is 0 Å². The maximum atomic E-state index is 11.5. The van der Waals surface area contributed by atoms with Crippen molar-refractivity contribution < 1.29 is 14.7 Å². The van der Waals surface area contributed by atoms with Crippen molar-refractivity contribution in [2.45, 2.75) is 52.5 Å². The zero-order valence-corrected chi connectivity index (χ0v) is 11.2. The predicted octanol–water partition coefficient (Wildman–Crippen LogP) is 1.12. The van der Waals surface area contributed by atoms with Crippen LogP contribution in [0.25, 0.3) is 0 Å². The summed E-state index contributed by atoms with van der Waals surface area (Å²) in [6.45, 7) is 7.81. The highest BCUT2D eigenvalue weighted by Crippen LogP contribution is 2.25. The van der Waals surface area contributed by atoms with Gasteiger partial charge in [-0.2, -0.15) is 0 Å². The molecule has 0 spiro atoms. The van der Waals surface area contributed by atoms with Gasteiger partial charge in [-0.15, -0.1) is 0 Å². The Morgan fingerprint density at radius 3 is 2.12 bits per heavy atom. The number of nitrogens with one attached hydrogen (secondary N) is 1. The number of amides is 1. The fourth-order valence-corrected chi connectivity index (χ4v) is 1.31. The SMILES string of the molecule is CC(C)(CCNC(=O)C(C)(C)N)CCC(=O)O. The van der Waals surface area contributed by atoms with Crippen molar-refractivity contribution in [1.82, 2.24) is 5.32 Å². The molecule has 4 N–H and O–H groups in total. The maximum absolute atomic E-state index is 11.5. The van der Waals surface area contributed by atoms with Crippen LogP contribution in [-0.4, -0.2) is 29.1 Å². The van der Waals surface area contributed by atoms with Crippen molar-refractivity contribution in [3.8, 4) is 0 Å². The smallest absolute Gasteiger partial charge is 0.303 e. The van der Waals surface area contributed by atoms with Gasteiger partial charge >= 0.3 is 5.97 Å². The average Bonchev–Trinajstić information content (AvgIpc) is 2.13. The summed E-state index contributed by atoms with van der Waals surface area (Å²) in [7, 11) is 0. The molecule has 100 valence electrons. The van der Waals surface area contributed by atoms with Crippen molar-refractivity contribution in [2.75, 3.05) is 6.54 Å². The van der Waals surface area contributed by atoms with Gasteiger partial charge in [0.1, 0.15) is 0 Å². The van der Waals surface area contributed by atoms with E-state index in [-0.39, 0.29) is 17.7 Å². The Hall–Kier alpha value is -1.10. The van der Waals surface area contributed by atoms with Crippen molar-refractivity contribution in [3.05, 3.63) is 0 Å². The minimum absolute atomic E-state index is 0.0928. The van der Waals surface area contributed by atoms with Crippen molar-refractivity contribution >= 4 is 11.9 Å². The van der Waals surface area contributed by atoms with E-state index in [0.717, 1.165) is 6.42 Å². The van der Waals surface area contributed by atoms with Crippen molar-refractivity contribution in [2.24, 2.45) is 11.1 Å². The van der Waals surface area contributed by atoms with Crippen LogP contribution in [0.1, 0.15) is 47.0 Å². The quantitative estimate of drug-likeness (QED) is 0.625. The number of carbonyl (C=O) groups is 2. The van der Waals surface area contributed by atoms with Crippen LogP contribution in [0.3, 0.4) is 0 Å². The Morgan fingerprint density at radius 1 is 1.18 bits per heavy atom. The molecule has 5 nitrogen and oxygen atoms in total. The summed E-state index contributed by atoms with van der Waals surface area (Å²) in [5, 5.41) is 11.4. The zero-order valence-electron chi connectivity index (χ0n) is 11.2. The molecular weight excluding hydrogens is 220 g/mol. The van der Waals surface area contributed by atoms with Crippen LogP contribution in [0.4, 0.5) is 0 Å². The third-order valence-electron chi connectivity index (χ3n) is 2.69. The first kappa shape index (κ1) is 15.9. The minimum atomic E-state index is -0.870. The first-order valence-corrected chi connectivity index (χ1v) is 5.83. The minimum Gasteiger partial charge on any atom is -0.481 e. The molecule has 5 heteroatoms. The van der Waals surface area contributed by atoms with Gasteiger partial charge in [-0.25, -0.2) is 0 Å². The van der Waals surface area contributed by atoms with E-state index in [4.69, 9.17) is 10.8 Å². The molecule has 0 aromatic carbocycles. The summed E-state index contributed by atoms with van der Waals surface area (Å²) < 4.78 is 0. The molecule has 0 saturated carbocycles. The molecule has 0 rings (SSSR count). The number of carboxylic acids is 1. The van der Waals surface area contributed by atoms with E-state index in [0.29, 0.717) is 13.0 Å². The average molecular weight is 244 g/mol. The van der Waals surface area contributed by atoms with Gasteiger partial charge in [-0.05, 0) is 32.1 Å². The monoisotopic (exact) mass is 244 g/mol. The molecule has 0 bridgehead atoms. The van der Waals surface area contributed by atoms with E-state index in [1.54, 1.807) is 13.8 Å². The third-order valence-corrected chi connectivity index (χ3v) is 2.69. The van der Waals surface area contributed by atoms with Gasteiger partial charge in [-0.3, -0.25) is 9.59 Å². The fourth-order valence-electron chi connectivity index (χ4n) is 1.31. The van der Waals surface area contributed by atoms with Gasteiger partial charge in [0.2, 0.25) is 5.91 Å². The van der Waals surface area contributed by atoms with E-state index in [1.165, 1.54) is 0 Å². The van der Waals surface area contributed by atoms with E-state index in [1.807, 2.05) is 13.8 Å². The van der Waals surface area contributed by atoms with Crippen molar-refractivity contribution in [1.29, 1.82) is 0 Å². The number of carboxylic acid groups (broad SMARTS) is 1. The number of hydrogen-bond acceptors (Lipinski definition) is 3. The Morgan fingerprint density at radius 2 is 1.71 bits per heavy atom. The Balaban J connectivity index is 3.95. The second-order valence-corrected chi connectivity index (χ2v) is 5.79. The van der Waals surface area contributed by atoms with Crippen LogP contribution < -0.4 is 11.1 Å². The topological polar surface area (TPSA) is 92.4 Å². The second-order valence-electron chi connectivity index (χ2n) is 5.79. The molecule has 0 aliphatic heterocycles. The first-order chi connectivity index (χ1) is 7.54. The summed E-state index contributed by atoms with van der Waals surface area (Å²) >= 11 is 0. The second kappa shape index (κ2) is 6.00. The number of hydrogen-bond donors (Lipinski definition) is 3. The van der Waals surface area contributed by atoms with Gasteiger partial charge < -0.3 is 16.2 Å². The molecule has 0 heterocycles. The van der Waals surface area contributed by atoms with Crippen molar-refractivity contribution in [3.63, 3.8) is 0 Å². The molecule has 0 aromatic rings. The number of carbonyl (C=O) groups excluding carboxylic acids is 1. The van der Waals surface area contributed by atoms with Crippen LogP contribution >= 0.6 is 0 Å². The lowest BCUT2D eigenvalue weighted by Crippen LogP contribution is -2.49. The molecule has 0 aromatic heterocycles. The van der Waals surface area contributed by atoms with E-state index in [9.17, 15) is 9.59 Å². The van der Waals surface area contributed by atoms with E-state index >= 15 is 0 Å². The van der Waals surface area contributed by atoms with Crippen LogP contribution in [0, 0.1) is 5.41 Å². The van der Waals surface area contributed by atoms with Gasteiger partial charge in [0.05, 0.1) is 5.54 Å². The Bertz CT molecular complexity index is 280. The zero-order chi connectivity index (χ0) is 13.7. The normalized spacial score (nSPS) is 12.3. The molecule has 0 aliphatic carbocycles. The lowest BCUT2D eigenvalue weighted by atomic mass is 9.84. The highest BCUT2D eigenvalue weighted by Gasteiger charge is 2.23. The Kier molecular flexibility index (Phi) is 5.61. The molecule has 0 aliphatic rings. The highest BCUT2D eigenvalue weighted by atomic mass is 16.4. The standard InChI is InChI=1S/C12H24N2O3/c1-11(2,6-5-9(15)16)7-8-14-10(17)12(3,4)13/h5-8,13H2,1-4H3,(H,14,17)(H,15,16). The first-order valence-electron chi connectivity index (χ1n) is 5.83. The number of aliphatic carboxylic acids is 1. The summed E-state index contributed by atoms with van der Waals surface area (Å²) in [6, 6.07) is 0. The molecule has 0 atom stereocenters. The van der Waals surface area contributed by atoms with Gasteiger partial charge in [-0.1, -0.05) is 13.8 Å². The molecule has 0 saturated heterocycles. The van der Waals surface area contributed by atoms with E-state index in [2.05, 4.69) is 5.32 Å². The fraction of sp³-hybridized carbons (Fsp3) is 0.833. The van der Waals surface area contributed by atoms with E-state index < -0.39 is 11.5 Å². The summed E-state index contributed by atoms with van der Waals surface area (Å²) in [4.78, 5) is 22.0. The molecule has 17 heavy (non-hydrogen) atoms. The van der Waals surface area contributed by atoms with Crippen LogP contribution in [0.15, 0.2) is 0 Å². The van der Waals surface area contributed by atoms with Crippen LogP contribution in [-0.2, 0) is 9.59 Å². The highest BCUT2D eigenvalue weighted by molar-refractivity contribution is 5.84. The summed E-state index contributed by atoms with van der Waals surface area (Å²) in [5.41, 5.74) is 4.67. The lowest BCUT2D eigenvalue weighted by Gasteiger charge is -2.25. The summed E-state index contributed by atoms with van der Waals surface area (Å²) in [6.07, 6.45) is 1.50. The van der Waals surface area contributed by atoms with Crippen LogP contribution in [0.2, 0.25) is 0 Å². The van der Waals surface area contributed by atoms with Gasteiger partial charge in [0, 0.05) is 13.0 Å². The van der Waals surface area contributed by atoms with Gasteiger partial charge in [0.25, 0.3) is 0 Å². The number of nitrogens with two attached hydrogens (primary N) is 1. The molecular formula is C12H24N2O3. The predicted molar refractivity (Wildman–Crippen MR) is 66.5 cm³/mol. The molecule has 0 unspecified atom stereocenters. The summed E-state index contributed by atoms with van der Waals surface area (Å²) in [5.74, 6) is -0.975. The Labute approximate surface area is 103 Å². The molecule has 0 fully saturated rings. The largest absolute Gasteiger partial charge is 0.481 e. The maximum Gasteiger partial charge on any atom is 0.303 e. The van der Waals surface area contributed by atoms with Crippen LogP contribution in [0.5, 0.6) is 0 Å². The molecule has 0 radical (unpaired) electrons. The molecule has 1 amide bonds. The third kappa shape index (κ3) is 7.74.